The van der Waals surface area contributed by atoms with Crippen LogP contribution in [0.5, 0.6) is 0 Å². The molecule has 1 aliphatic rings. The fourth-order valence-electron chi connectivity index (χ4n) is 4.97. The van der Waals surface area contributed by atoms with E-state index in [2.05, 4.69) is 43.7 Å². The Morgan fingerprint density at radius 1 is 1.17 bits per heavy atom. The van der Waals surface area contributed by atoms with Gasteiger partial charge in [0.05, 0.1) is 53.0 Å². The van der Waals surface area contributed by atoms with E-state index in [0.717, 1.165) is 49.1 Å². The predicted molar refractivity (Wildman–Crippen MR) is 122 cm³/mol. The number of amides is 1. The molecule has 1 aromatic carbocycles. The number of piperidine rings is 1. The van der Waals surface area contributed by atoms with E-state index < -0.39 is 0 Å². The van der Waals surface area contributed by atoms with Crippen molar-refractivity contribution >= 4 is 22.9 Å². The molecule has 1 atom stereocenters. The van der Waals surface area contributed by atoms with Crippen molar-refractivity contribution in [3.05, 3.63) is 52.7 Å². The predicted octanol–water partition coefficient (Wildman–Crippen LogP) is 4.49. The third-order valence-electron chi connectivity index (χ3n) is 7.15. The average molecular weight is 417 g/mol. The highest BCUT2D eigenvalue weighted by Crippen LogP contribution is 2.41. The van der Waals surface area contributed by atoms with Gasteiger partial charge in [-0.15, -0.1) is 11.3 Å². The minimum atomic E-state index is -0.218. The van der Waals surface area contributed by atoms with Gasteiger partial charge in [0.15, 0.2) is 0 Å². The van der Waals surface area contributed by atoms with Gasteiger partial charge >= 0.3 is 5.91 Å². The van der Waals surface area contributed by atoms with Crippen LogP contribution in [0.3, 0.4) is 0 Å². The molecule has 1 unspecified atom stereocenters. The summed E-state index contributed by atoms with van der Waals surface area (Å²) < 4.78 is 7.17. The lowest BCUT2D eigenvalue weighted by Crippen LogP contribution is -2.73. The maximum atomic E-state index is 13.4. The van der Waals surface area contributed by atoms with Crippen LogP contribution in [0.25, 0.3) is 0 Å². The molecule has 2 heterocycles. The number of hydrogen-bond donors (Lipinski definition) is 0. The molecule has 0 N–H and O–H groups in total. The Hall–Kier alpha value is -1.53. The van der Waals surface area contributed by atoms with Crippen LogP contribution in [0.15, 0.2) is 47.8 Å². The zero-order valence-electron chi connectivity index (χ0n) is 18.4. The first-order valence-electron chi connectivity index (χ1n) is 10.7. The molecule has 0 radical (unpaired) electrons. The molecule has 0 aliphatic carbocycles. The Kier molecular flexibility index (Phi) is 6.94. The Balaban J connectivity index is 1.86. The molecule has 1 amide bonds. The van der Waals surface area contributed by atoms with E-state index in [0.29, 0.717) is 17.5 Å². The normalized spacial score (nSPS) is 26.8. The van der Waals surface area contributed by atoms with Gasteiger partial charge in [-0.25, -0.2) is 9.28 Å². The largest absolute Gasteiger partial charge is 0.378 e. The van der Waals surface area contributed by atoms with Crippen molar-refractivity contribution in [2.24, 2.45) is 0 Å². The number of thiophene rings is 1. The molecule has 2 aromatic rings. The molecule has 158 valence electrons. The number of quaternary nitrogens is 2. The van der Waals surface area contributed by atoms with Gasteiger partial charge in [-0.05, 0) is 23.6 Å². The number of carbonyl (C=O) groups is 1. The fraction of sp³-hybridized carbons (Fsp3) is 0.542. The second-order valence-corrected chi connectivity index (χ2v) is 9.90. The van der Waals surface area contributed by atoms with Crippen LogP contribution in [-0.2, 0) is 16.0 Å². The van der Waals surface area contributed by atoms with Gasteiger partial charge < -0.3 is 9.22 Å². The lowest BCUT2D eigenvalue weighted by atomic mass is 9.81. The first-order chi connectivity index (χ1) is 13.9. The summed E-state index contributed by atoms with van der Waals surface area (Å²) in [6.45, 7) is 5.89. The third kappa shape index (κ3) is 4.33. The van der Waals surface area contributed by atoms with Crippen LogP contribution in [0.1, 0.15) is 31.1 Å². The van der Waals surface area contributed by atoms with Crippen LogP contribution in [0, 0.1) is 0 Å². The number of likely N-dealkylation sites (tertiary alicyclic amines) is 1. The van der Waals surface area contributed by atoms with Gasteiger partial charge in [0.25, 0.3) is 0 Å². The maximum absolute atomic E-state index is 13.4. The second-order valence-electron chi connectivity index (χ2n) is 8.87. The van der Waals surface area contributed by atoms with Crippen LogP contribution in [0.2, 0.25) is 0 Å². The summed E-state index contributed by atoms with van der Waals surface area (Å²) in [4.78, 5) is 14.8. The van der Waals surface area contributed by atoms with Gasteiger partial charge in [-0.3, -0.25) is 0 Å². The minimum absolute atomic E-state index is 0.218. The molecule has 1 saturated heterocycles. The van der Waals surface area contributed by atoms with Crippen molar-refractivity contribution in [1.29, 1.82) is 0 Å². The van der Waals surface area contributed by atoms with E-state index in [4.69, 9.17) is 4.74 Å². The van der Waals surface area contributed by atoms with Crippen molar-refractivity contribution < 1.29 is 14.0 Å². The van der Waals surface area contributed by atoms with E-state index in [1.165, 1.54) is 4.88 Å². The molecule has 4 nitrogen and oxygen atoms in total. The molecule has 0 spiro atoms. The Bertz CT molecular complexity index is 782. The summed E-state index contributed by atoms with van der Waals surface area (Å²) in [5.41, 5.74) is 0.857. The van der Waals surface area contributed by atoms with Crippen LogP contribution in [0.4, 0.5) is 5.69 Å². The lowest BCUT2D eigenvalue weighted by molar-refractivity contribution is -0.915. The van der Waals surface area contributed by atoms with E-state index in [1.807, 2.05) is 36.5 Å². The minimum Gasteiger partial charge on any atom is -0.378 e. The molecule has 0 bridgehead atoms. The van der Waals surface area contributed by atoms with Crippen molar-refractivity contribution in [2.45, 2.75) is 38.1 Å². The summed E-state index contributed by atoms with van der Waals surface area (Å²) in [5, 5.41) is 2.16. The second kappa shape index (κ2) is 9.09. The quantitative estimate of drug-likeness (QED) is 0.593. The van der Waals surface area contributed by atoms with Gasteiger partial charge in [-0.2, -0.15) is 0 Å². The topological polar surface area (TPSA) is 26.3 Å². The number of ether oxygens (including phenoxy) is 1. The van der Waals surface area contributed by atoms with Gasteiger partial charge in [0, 0.05) is 18.4 Å². The first-order valence-corrected chi connectivity index (χ1v) is 11.6. The fourth-order valence-corrected chi connectivity index (χ4v) is 5.66. The molecule has 0 saturated carbocycles. The number of carbonyl (C=O) groups excluding carboxylic acids is 1. The molecular formula is C24H36N2O2S+2. The number of likely N-dealkylation sites (N-methyl/N-ethyl adjacent to an activating group) is 2. The van der Waals surface area contributed by atoms with E-state index in [-0.39, 0.29) is 11.4 Å². The summed E-state index contributed by atoms with van der Waals surface area (Å²) >= 11 is 1.85. The Morgan fingerprint density at radius 2 is 1.86 bits per heavy atom. The summed E-state index contributed by atoms with van der Waals surface area (Å²) in [6, 6.07) is 14.7. The number of benzene rings is 1. The third-order valence-corrected chi connectivity index (χ3v) is 8.08. The molecule has 29 heavy (non-hydrogen) atoms. The van der Waals surface area contributed by atoms with Crippen LogP contribution >= 0.6 is 11.3 Å². The number of nitrogens with zero attached hydrogens (tertiary/aromatic N) is 2. The van der Waals surface area contributed by atoms with Crippen molar-refractivity contribution in [3.63, 3.8) is 0 Å². The highest BCUT2D eigenvalue weighted by Gasteiger charge is 2.57. The summed E-state index contributed by atoms with van der Waals surface area (Å²) in [5.74, 6) is 0.267. The van der Waals surface area contributed by atoms with Crippen LogP contribution in [-0.4, -0.2) is 63.4 Å². The zero-order valence-corrected chi connectivity index (χ0v) is 19.2. The highest BCUT2D eigenvalue weighted by atomic mass is 32.1. The van der Waals surface area contributed by atoms with Gasteiger partial charge in [-0.1, -0.05) is 31.2 Å². The number of rotatable bonds is 8. The molecule has 1 fully saturated rings. The first kappa shape index (κ1) is 22.2. The lowest BCUT2D eigenvalue weighted by Gasteiger charge is -2.53. The number of hydrogen-bond acceptors (Lipinski definition) is 3. The smallest absolute Gasteiger partial charge is 0.318 e. The monoisotopic (exact) mass is 416 g/mol. The molecule has 5 heteroatoms. The highest BCUT2D eigenvalue weighted by molar-refractivity contribution is 7.09. The van der Waals surface area contributed by atoms with Crippen LogP contribution < -0.4 is 4.48 Å². The summed E-state index contributed by atoms with van der Waals surface area (Å²) in [6.07, 6.45) is 3.63. The number of methoxy groups -OCH3 is 1. The Labute approximate surface area is 179 Å². The Morgan fingerprint density at radius 3 is 2.41 bits per heavy atom. The number of para-hydroxylation sites is 1. The summed E-state index contributed by atoms with van der Waals surface area (Å²) in [7, 11) is 6.26. The van der Waals surface area contributed by atoms with E-state index in [9.17, 15) is 4.79 Å². The SMILES string of the molecule is CCC(=O)[N+](C)(c1ccccc1)C1(COC)CC[N+](C)(CCc2cccs2)CC1. The van der Waals surface area contributed by atoms with E-state index in [1.54, 1.807) is 7.11 Å². The average Bonchev–Trinajstić information content (AvgIpc) is 3.28. The standard InChI is InChI=1S/C24H36N2O2S/c1-5-23(27)26(3,21-10-7-6-8-11-21)24(20-28-4)14-17-25(2,18-15-24)16-13-22-12-9-19-29-22/h6-12,19H,5,13-18,20H2,1-4H3/q+2. The van der Waals surface area contributed by atoms with Gasteiger partial charge in [0.2, 0.25) is 0 Å². The van der Waals surface area contributed by atoms with Crippen molar-refractivity contribution in [3.8, 4) is 0 Å². The van der Waals surface area contributed by atoms with Crippen molar-refractivity contribution in [2.75, 3.05) is 47.4 Å². The molecule has 1 aromatic heterocycles. The van der Waals surface area contributed by atoms with E-state index >= 15 is 0 Å². The molecule has 1 aliphatic heterocycles. The molecule has 3 rings (SSSR count). The molecular weight excluding hydrogens is 380 g/mol. The zero-order chi connectivity index (χ0) is 21.0. The maximum Gasteiger partial charge on any atom is 0.318 e. The van der Waals surface area contributed by atoms with Crippen molar-refractivity contribution in [1.82, 2.24) is 4.48 Å². The van der Waals surface area contributed by atoms with Gasteiger partial charge in [0.1, 0.15) is 17.8 Å².